The highest BCUT2D eigenvalue weighted by molar-refractivity contribution is 5.94. The van der Waals surface area contributed by atoms with E-state index < -0.39 is 6.67 Å². The Morgan fingerprint density at radius 1 is 1.43 bits per heavy atom. The van der Waals surface area contributed by atoms with E-state index in [-0.39, 0.29) is 30.7 Å². The Kier molecular flexibility index (Phi) is 8.49. The lowest BCUT2D eigenvalue weighted by Gasteiger charge is -2.00. The van der Waals surface area contributed by atoms with Crippen molar-refractivity contribution in [1.82, 2.24) is 5.32 Å². The number of halogens is 3. The van der Waals surface area contributed by atoms with Gasteiger partial charge in [0.25, 0.3) is 5.91 Å². The summed E-state index contributed by atoms with van der Waals surface area (Å²) < 4.78 is 12.1. The molecule has 0 radical (unpaired) electrons. The van der Waals surface area contributed by atoms with Crippen molar-refractivity contribution in [3.8, 4) is 0 Å². The minimum Gasteiger partial charge on any atom is -0.355 e. The van der Waals surface area contributed by atoms with Crippen LogP contribution in [0.5, 0.6) is 0 Å². The Hall–Kier alpha value is -0.800. The van der Waals surface area contributed by atoms with Crippen LogP contribution in [-0.2, 0) is 6.67 Å². The molecule has 0 saturated carbocycles. The largest absolute Gasteiger partial charge is 0.355 e. The van der Waals surface area contributed by atoms with Crippen molar-refractivity contribution in [1.29, 1.82) is 0 Å². The smallest absolute Gasteiger partial charge is 0.251 e. The highest BCUT2D eigenvalue weighted by Gasteiger charge is 2.02. The van der Waals surface area contributed by atoms with Crippen molar-refractivity contribution >= 4 is 30.7 Å². The highest BCUT2D eigenvalue weighted by atomic mass is 35.5. The summed E-state index contributed by atoms with van der Waals surface area (Å²) in [5.41, 5.74) is 1.02. The Morgan fingerprint density at radius 3 is 2.57 bits per heavy atom. The van der Waals surface area contributed by atoms with E-state index in [1.165, 1.54) is 0 Å². The molecule has 0 aromatic heterocycles. The molecule has 80 valence electrons. The van der Waals surface area contributed by atoms with Crippen molar-refractivity contribution in [3.63, 3.8) is 0 Å². The Labute approximate surface area is 94.7 Å². The molecule has 1 N–H and O–H groups in total. The van der Waals surface area contributed by atoms with E-state index in [1.807, 2.05) is 0 Å². The Morgan fingerprint density at radius 2 is 2.07 bits per heavy atom. The third kappa shape index (κ3) is 3.94. The Balaban J connectivity index is 0. The lowest BCUT2D eigenvalue weighted by atomic mass is 10.1. The van der Waals surface area contributed by atoms with Crippen molar-refractivity contribution in [2.24, 2.45) is 0 Å². The van der Waals surface area contributed by atoms with Crippen molar-refractivity contribution in [3.05, 3.63) is 35.4 Å². The van der Waals surface area contributed by atoms with Gasteiger partial charge in [-0.25, -0.2) is 4.39 Å². The van der Waals surface area contributed by atoms with Gasteiger partial charge in [-0.3, -0.25) is 4.79 Å². The normalized spacial score (nSPS) is 8.14. The molecule has 0 unspecified atom stereocenters. The highest BCUT2D eigenvalue weighted by Crippen LogP contribution is 2.05. The SMILES string of the molecule is CNC(=O)c1cccc(CF)c1.Cl.Cl. The number of benzene rings is 1. The first-order valence-electron chi connectivity index (χ1n) is 3.65. The summed E-state index contributed by atoms with van der Waals surface area (Å²) in [6.07, 6.45) is 0. The molecule has 1 rings (SSSR count). The van der Waals surface area contributed by atoms with Crippen LogP contribution < -0.4 is 5.32 Å². The number of carbonyl (C=O) groups excluding carboxylic acids is 1. The molecule has 0 aliphatic carbocycles. The van der Waals surface area contributed by atoms with Gasteiger partial charge in [-0.2, -0.15) is 0 Å². The predicted octanol–water partition coefficient (Wildman–Crippen LogP) is 2.36. The standard InChI is InChI=1S/C9H10FNO.2ClH/c1-11-9(12)8-4-2-3-7(5-8)6-10;;/h2-5H,6H2,1H3,(H,11,12);2*1H. The minimum absolute atomic E-state index is 0. The van der Waals surface area contributed by atoms with Crippen molar-refractivity contribution in [2.75, 3.05) is 7.05 Å². The maximum absolute atomic E-state index is 12.1. The van der Waals surface area contributed by atoms with Crippen LogP contribution in [0.4, 0.5) is 4.39 Å². The van der Waals surface area contributed by atoms with Gasteiger partial charge in [0.2, 0.25) is 0 Å². The van der Waals surface area contributed by atoms with Crippen LogP contribution in [0.15, 0.2) is 24.3 Å². The van der Waals surface area contributed by atoms with Gasteiger partial charge in [-0.05, 0) is 17.7 Å². The fourth-order valence-corrected chi connectivity index (χ4v) is 0.940. The van der Waals surface area contributed by atoms with E-state index in [1.54, 1.807) is 31.3 Å². The number of amides is 1. The molecule has 2 nitrogen and oxygen atoms in total. The molecule has 1 amide bonds. The van der Waals surface area contributed by atoms with Crippen LogP contribution in [0.1, 0.15) is 15.9 Å². The third-order valence-electron chi connectivity index (χ3n) is 1.57. The fraction of sp³-hybridized carbons (Fsp3) is 0.222. The molecule has 5 heteroatoms. The van der Waals surface area contributed by atoms with Gasteiger partial charge in [0, 0.05) is 12.6 Å². The second-order valence-electron chi connectivity index (χ2n) is 2.41. The van der Waals surface area contributed by atoms with Gasteiger partial charge < -0.3 is 5.32 Å². The van der Waals surface area contributed by atoms with E-state index in [0.717, 1.165) is 0 Å². The second kappa shape index (κ2) is 7.59. The summed E-state index contributed by atoms with van der Waals surface area (Å²) in [6.45, 7) is -0.537. The van der Waals surface area contributed by atoms with Gasteiger partial charge in [-0.15, -0.1) is 24.8 Å². The molecule has 0 bridgehead atoms. The molecular weight excluding hydrogens is 228 g/mol. The van der Waals surface area contributed by atoms with Crippen molar-refractivity contribution in [2.45, 2.75) is 6.67 Å². The quantitative estimate of drug-likeness (QED) is 0.844. The van der Waals surface area contributed by atoms with Gasteiger partial charge >= 0.3 is 0 Å². The van der Waals surface area contributed by atoms with Crippen LogP contribution in [0.3, 0.4) is 0 Å². The first-order chi connectivity index (χ1) is 5.77. The average Bonchev–Trinajstić information content (AvgIpc) is 2.17. The monoisotopic (exact) mass is 239 g/mol. The lowest BCUT2D eigenvalue weighted by Crippen LogP contribution is -2.17. The molecule has 0 aliphatic rings. The van der Waals surface area contributed by atoms with E-state index >= 15 is 0 Å². The summed E-state index contributed by atoms with van der Waals surface area (Å²) in [5, 5.41) is 2.47. The van der Waals surface area contributed by atoms with Crippen LogP contribution in [0.25, 0.3) is 0 Å². The molecule has 1 aromatic carbocycles. The van der Waals surface area contributed by atoms with Crippen LogP contribution in [-0.4, -0.2) is 13.0 Å². The predicted molar refractivity (Wildman–Crippen MR) is 59.1 cm³/mol. The van der Waals surface area contributed by atoms with Gasteiger partial charge in [0.15, 0.2) is 0 Å². The number of carbonyl (C=O) groups is 1. The van der Waals surface area contributed by atoms with E-state index in [9.17, 15) is 9.18 Å². The molecule has 0 spiro atoms. The number of rotatable bonds is 2. The molecule has 14 heavy (non-hydrogen) atoms. The Bertz CT molecular complexity index is 294. The number of hydrogen-bond acceptors (Lipinski definition) is 1. The molecule has 0 atom stereocenters. The average molecular weight is 240 g/mol. The van der Waals surface area contributed by atoms with E-state index in [0.29, 0.717) is 11.1 Å². The maximum atomic E-state index is 12.1. The number of hydrogen-bond donors (Lipinski definition) is 1. The first-order valence-corrected chi connectivity index (χ1v) is 3.65. The maximum Gasteiger partial charge on any atom is 0.251 e. The second-order valence-corrected chi connectivity index (χ2v) is 2.41. The van der Waals surface area contributed by atoms with E-state index in [2.05, 4.69) is 5.32 Å². The lowest BCUT2D eigenvalue weighted by molar-refractivity contribution is 0.0963. The van der Waals surface area contributed by atoms with E-state index in [4.69, 9.17) is 0 Å². The third-order valence-corrected chi connectivity index (χ3v) is 1.57. The van der Waals surface area contributed by atoms with Gasteiger partial charge in [-0.1, -0.05) is 12.1 Å². The van der Waals surface area contributed by atoms with Gasteiger partial charge in [0.1, 0.15) is 6.67 Å². The number of nitrogens with one attached hydrogen (secondary N) is 1. The summed E-state index contributed by atoms with van der Waals surface area (Å²) in [6, 6.07) is 6.50. The van der Waals surface area contributed by atoms with Crippen LogP contribution in [0.2, 0.25) is 0 Å². The summed E-state index contributed by atoms with van der Waals surface area (Å²) in [7, 11) is 1.55. The molecule has 0 aliphatic heterocycles. The first kappa shape index (κ1) is 15.7. The van der Waals surface area contributed by atoms with Crippen LogP contribution in [0, 0.1) is 0 Å². The molecule has 0 heterocycles. The zero-order valence-corrected chi connectivity index (χ0v) is 9.25. The zero-order chi connectivity index (χ0) is 8.97. The van der Waals surface area contributed by atoms with Crippen LogP contribution >= 0.6 is 24.8 Å². The summed E-state index contributed by atoms with van der Waals surface area (Å²) in [4.78, 5) is 11.0. The topological polar surface area (TPSA) is 29.1 Å². The molecular formula is C9H12Cl2FNO. The molecule has 0 saturated heterocycles. The number of alkyl halides is 1. The summed E-state index contributed by atoms with van der Waals surface area (Å²) >= 11 is 0. The molecule has 0 fully saturated rings. The van der Waals surface area contributed by atoms with Gasteiger partial charge in [0.05, 0.1) is 0 Å². The van der Waals surface area contributed by atoms with Crippen molar-refractivity contribution < 1.29 is 9.18 Å². The molecule has 1 aromatic rings. The fourth-order valence-electron chi connectivity index (χ4n) is 0.940. The minimum atomic E-state index is -0.537. The zero-order valence-electron chi connectivity index (χ0n) is 7.62. The summed E-state index contributed by atoms with van der Waals surface area (Å²) in [5.74, 6) is -0.190.